The van der Waals surface area contributed by atoms with Gasteiger partial charge in [-0.1, -0.05) is 23.1 Å². The van der Waals surface area contributed by atoms with Crippen LogP contribution in [0.1, 0.15) is 30.1 Å². The zero-order valence-corrected chi connectivity index (χ0v) is 18.9. The van der Waals surface area contributed by atoms with E-state index in [4.69, 9.17) is 4.74 Å². The number of ether oxygens (including phenoxy) is 1. The van der Waals surface area contributed by atoms with E-state index >= 15 is 0 Å². The molecule has 8 heteroatoms. The Morgan fingerprint density at radius 2 is 1.90 bits per heavy atom. The number of carbonyl (C=O) groups is 1. The first kappa shape index (κ1) is 20.3. The van der Waals surface area contributed by atoms with Crippen molar-refractivity contribution < 1.29 is 9.53 Å². The van der Waals surface area contributed by atoms with Gasteiger partial charge in [0.2, 0.25) is 0 Å². The first-order chi connectivity index (χ1) is 14.7. The number of anilines is 1. The number of aromatic nitrogens is 1. The fraction of sp³-hybridized carbons (Fsp3) is 0.545. The van der Waals surface area contributed by atoms with E-state index in [1.165, 1.54) is 30.9 Å². The van der Waals surface area contributed by atoms with Crippen LogP contribution in [0.25, 0.3) is 0 Å². The standard InChI is InChI=1S/C22H28N4O2S2/c1-15-20(16-6-8-25(15)9-7-16)24-21(27)17-2-4-18(5-3-17)29-22-23-14-19(30-22)26-10-12-28-13-11-26/h2-5,14-16,20H,6-13H2,1H3,(H,24,27)/t15-,20-/m0/s1. The minimum atomic E-state index is 0.0426. The highest BCUT2D eigenvalue weighted by Gasteiger charge is 2.40. The van der Waals surface area contributed by atoms with Gasteiger partial charge in [0.05, 0.1) is 19.4 Å². The van der Waals surface area contributed by atoms with Crippen molar-refractivity contribution in [3.05, 3.63) is 36.0 Å². The van der Waals surface area contributed by atoms with Gasteiger partial charge < -0.3 is 15.0 Å². The van der Waals surface area contributed by atoms with Crippen LogP contribution in [0.5, 0.6) is 0 Å². The Morgan fingerprint density at radius 1 is 1.17 bits per heavy atom. The number of nitrogens with one attached hydrogen (secondary N) is 1. The lowest BCUT2D eigenvalue weighted by molar-refractivity contribution is 0.0217. The molecule has 1 N–H and O–H groups in total. The van der Waals surface area contributed by atoms with Crippen molar-refractivity contribution in [1.29, 1.82) is 0 Å². The normalized spacial score (nSPS) is 28.5. The predicted molar refractivity (Wildman–Crippen MR) is 121 cm³/mol. The summed E-state index contributed by atoms with van der Waals surface area (Å²) >= 11 is 3.36. The maximum absolute atomic E-state index is 12.8. The van der Waals surface area contributed by atoms with E-state index < -0.39 is 0 Å². The van der Waals surface area contributed by atoms with Crippen LogP contribution in [-0.2, 0) is 4.74 Å². The molecule has 0 saturated carbocycles. The molecule has 6 rings (SSSR count). The third-order valence-electron chi connectivity index (χ3n) is 6.59. The fourth-order valence-corrected chi connectivity index (χ4v) is 6.77. The number of carbonyl (C=O) groups excluding carboxylic acids is 1. The summed E-state index contributed by atoms with van der Waals surface area (Å²) < 4.78 is 6.45. The van der Waals surface area contributed by atoms with Crippen LogP contribution in [0, 0.1) is 5.92 Å². The molecule has 2 aromatic rings. The minimum absolute atomic E-state index is 0.0426. The van der Waals surface area contributed by atoms with Crippen molar-refractivity contribution in [1.82, 2.24) is 15.2 Å². The van der Waals surface area contributed by atoms with Gasteiger partial charge in [-0.15, -0.1) is 0 Å². The molecule has 5 heterocycles. The van der Waals surface area contributed by atoms with Crippen molar-refractivity contribution >= 4 is 34.0 Å². The number of amides is 1. The monoisotopic (exact) mass is 444 g/mol. The molecule has 6 nitrogen and oxygen atoms in total. The first-order valence-electron chi connectivity index (χ1n) is 10.8. The summed E-state index contributed by atoms with van der Waals surface area (Å²) in [7, 11) is 0. The van der Waals surface area contributed by atoms with E-state index in [9.17, 15) is 4.79 Å². The van der Waals surface area contributed by atoms with Crippen LogP contribution in [0.2, 0.25) is 0 Å². The molecule has 0 unspecified atom stereocenters. The Bertz CT molecular complexity index is 872. The summed E-state index contributed by atoms with van der Waals surface area (Å²) in [6.07, 6.45) is 4.35. The second kappa shape index (κ2) is 8.86. The molecule has 160 valence electrons. The highest BCUT2D eigenvalue weighted by molar-refractivity contribution is 8.01. The zero-order valence-electron chi connectivity index (χ0n) is 17.3. The van der Waals surface area contributed by atoms with Gasteiger partial charge in [-0.3, -0.25) is 9.69 Å². The Kier molecular flexibility index (Phi) is 6.00. The summed E-state index contributed by atoms with van der Waals surface area (Å²) in [4.78, 5) is 23.3. The number of fused-ring (bicyclic) bond motifs is 3. The lowest BCUT2D eigenvalue weighted by Gasteiger charge is -2.49. The van der Waals surface area contributed by atoms with E-state index in [1.54, 1.807) is 23.1 Å². The van der Waals surface area contributed by atoms with Crippen LogP contribution in [0.3, 0.4) is 0 Å². The fourth-order valence-electron chi connectivity index (χ4n) is 4.78. The first-order valence-corrected chi connectivity index (χ1v) is 12.4. The summed E-state index contributed by atoms with van der Waals surface area (Å²) in [6.45, 7) is 8.00. The van der Waals surface area contributed by atoms with Gasteiger partial charge in [-0.2, -0.15) is 0 Å². The lowest BCUT2D eigenvalue weighted by Crippen LogP contribution is -2.62. The van der Waals surface area contributed by atoms with Crippen molar-refractivity contribution in [3.8, 4) is 0 Å². The van der Waals surface area contributed by atoms with Crippen molar-refractivity contribution in [2.45, 2.75) is 41.1 Å². The molecule has 0 aliphatic carbocycles. The second-order valence-electron chi connectivity index (χ2n) is 8.30. The quantitative estimate of drug-likeness (QED) is 0.763. The number of rotatable bonds is 5. The van der Waals surface area contributed by atoms with E-state index in [1.807, 2.05) is 30.5 Å². The lowest BCUT2D eigenvalue weighted by atomic mass is 9.79. The molecule has 0 radical (unpaired) electrons. The number of hydrogen-bond acceptors (Lipinski definition) is 7. The number of piperidine rings is 3. The summed E-state index contributed by atoms with van der Waals surface area (Å²) in [5, 5.41) is 4.51. The molecule has 1 aromatic carbocycles. The van der Waals surface area contributed by atoms with Gasteiger partial charge >= 0.3 is 0 Å². The molecule has 4 fully saturated rings. The average molecular weight is 445 g/mol. The van der Waals surface area contributed by atoms with E-state index in [-0.39, 0.29) is 11.9 Å². The molecule has 4 aliphatic rings. The third-order valence-corrected chi connectivity index (χ3v) is 8.73. The minimum Gasteiger partial charge on any atom is -0.378 e. The van der Waals surface area contributed by atoms with Crippen molar-refractivity contribution in [2.24, 2.45) is 5.92 Å². The van der Waals surface area contributed by atoms with Crippen LogP contribution in [0.4, 0.5) is 5.00 Å². The highest BCUT2D eigenvalue weighted by Crippen LogP contribution is 2.35. The van der Waals surface area contributed by atoms with E-state index in [2.05, 4.69) is 27.0 Å². The van der Waals surface area contributed by atoms with Crippen LogP contribution in [0.15, 0.2) is 39.7 Å². The third kappa shape index (κ3) is 4.23. The molecule has 1 amide bonds. The maximum atomic E-state index is 12.8. The molecule has 1 aromatic heterocycles. The van der Waals surface area contributed by atoms with Gasteiger partial charge in [0, 0.05) is 35.6 Å². The SMILES string of the molecule is C[C@H]1[C@H](NC(=O)c2ccc(Sc3ncc(N4CCOCC4)s3)cc2)C2CCN1CC2. The highest BCUT2D eigenvalue weighted by atomic mass is 32.2. The zero-order chi connectivity index (χ0) is 20.5. The van der Waals surface area contributed by atoms with Crippen LogP contribution < -0.4 is 10.2 Å². The molecular weight excluding hydrogens is 416 g/mol. The largest absolute Gasteiger partial charge is 0.378 e. The summed E-state index contributed by atoms with van der Waals surface area (Å²) in [5.41, 5.74) is 0.733. The maximum Gasteiger partial charge on any atom is 0.251 e. The molecular formula is C22H28N4O2S2. The number of hydrogen-bond donors (Lipinski definition) is 1. The Morgan fingerprint density at radius 3 is 2.60 bits per heavy atom. The van der Waals surface area contributed by atoms with E-state index in [0.29, 0.717) is 12.0 Å². The number of nitrogens with zero attached hydrogens (tertiary/aromatic N) is 3. The number of benzene rings is 1. The predicted octanol–water partition coefficient (Wildman–Crippen LogP) is 3.34. The molecule has 2 bridgehead atoms. The molecule has 2 atom stereocenters. The topological polar surface area (TPSA) is 57.7 Å². The number of thiazole rings is 1. The van der Waals surface area contributed by atoms with Crippen molar-refractivity contribution in [2.75, 3.05) is 44.3 Å². The van der Waals surface area contributed by atoms with Gasteiger partial charge in [0.25, 0.3) is 5.91 Å². The molecule has 30 heavy (non-hydrogen) atoms. The summed E-state index contributed by atoms with van der Waals surface area (Å²) in [6, 6.07) is 8.61. The smallest absolute Gasteiger partial charge is 0.251 e. The van der Waals surface area contributed by atoms with Gasteiger partial charge in [-0.25, -0.2) is 4.98 Å². The molecule has 0 spiro atoms. The van der Waals surface area contributed by atoms with Crippen LogP contribution in [-0.4, -0.2) is 67.3 Å². The second-order valence-corrected chi connectivity index (χ2v) is 10.6. The Hall–Kier alpha value is -1.61. The molecule has 4 saturated heterocycles. The Balaban J connectivity index is 1.19. The molecule has 4 aliphatic heterocycles. The van der Waals surface area contributed by atoms with Gasteiger partial charge in [0.15, 0.2) is 4.34 Å². The van der Waals surface area contributed by atoms with Crippen molar-refractivity contribution in [3.63, 3.8) is 0 Å². The Labute approximate surface area is 186 Å². The number of morpholine rings is 1. The van der Waals surface area contributed by atoms with Gasteiger partial charge in [0.1, 0.15) is 5.00 Å². The average Bonchev–Trinajstić information content (AvgIpc) is 3.26. The van der Waals surface area contributed by atoms with Gasteiger partial charge in [-0.05, 0) is 63.0 Å². The van der Waals surface area contributed by atoms with Crippen LogP contribution >= 0.6 is 23.1 Å². The van der Waals surface area contributed by atoms with E-state index in [0.717, 1.165) is 41.1 Å². The summed E-state index contributed by atoms with van der Waals surface area (Å²) in [5.74, 6) is 0.662.